The zero-order valence-electron chi connectivity index (χ0n) is 14.3. The first kappa shape index (κ1) is 20.7. The molecule has 0 unspecified atom stereocenters. The molecule has 0 bridgehead atoms. The molecule has 0 fully saturated rings. The van der Waals surface area contributed by atoms with Crippen LogP contribution in [-0.4, -0.2) is 30.1 Å². The number of para-hydroxylation sites is 1. The molecule has 0 saturated heterocycles. The van der Waals surface area contributed by atoms with Gasteiger partial charge in [0, 0.05) is 6.42 Å². The molecule has 0 aliphatic rings. The third-order valence-electron chi connectivity index (χ3n) is 3.16. The predicted octanol–water partition coefficient (Wildman–Crippen LogP) is 4.14. The Balaban J connectivity index is 1.91. The van der Waals surface area contributed by atoms with Gasteiger partial charge < -0.3 is 14.8 Å². The molecular weight excluding hydrogens is 385 g/mol. The van der Waals surface area contributed by atoms with Crippen molar-refractivity contribution >= 4 is 28.3 Å². The molecule has 1 N–H and O–H groups in total. The lowest BCUT2D eigenvalue weighted by Crippen LogP contribution is -2.14. The normalized spacial score (nSPS) is 11.1. The van der Waals surface area contributed by atoms with Crippen LogP contribution < -0.4 is 10.1 Å². The average molecular weight is 402 g/mol. The van der Waals surface area contributed by atoms with Crippen LogP contribution in [0.2, 0.25) is 0 Å². The van der Waals surface area contributed by atoms with Crippen LogP contribution in [0.25, 0.3) is 0 Å². The molecule has 2 aromatic rings. The summed E-state index contributed by atoms with van der Waals surface area (Å²) in [6.45, 7) is 1.68. The van der Waals surface area contributed by atoms with Gasteiger partial charge in [0.1, 0.15) is 10.6 Å². The van der Waals surface area contributed by atoms with Crippen molar-refractivity contribution in [2.45, 2.75) is 25.9 Å². The summed E-state index contributed by atoms with van der Waals surface area (Å²) in [5.74, 6) is -0.990. The molecule has 1 aromatic heterocycles. The number of aromatic nitrogens is 1. The fourth-order valence-corrected chi connectivity index (χ4v) is 2.92. The molecule has 1 heterocycles. The van der Waals surface area contributed by atoms with Crippen molar-refractivity contribution in [1.29, 1.82) is 0 Å². The Hall–Kier alpha value is -2.62. The summed E-state index contributed by atoms with van der Waals surface area (Å²) >= 11 is 0.430. The molecule has 6 nitrogen and oxygen atoms in total. The van der Waals surface area contributed by atoms with Crippen molar-refractivity contribution in [2.24, 2.45) is 0 Å². The minimum absolute atomic E-state index is 0.0303. The van der Waals surface area contributed by atoms with Crippen molar-refractivity contribution in [3.63, 3.8) is 0 Å². The number of rotatable bonds is 8. The molecule has 27 heavy (non-hydrogen) atoms. The minimum Gasteiger partial charge on any atom is -0.494 e. The van der Waals surface area contributed by atoms with Gasteiger partial charge in [-0.3, -0.25) is 4.79 Å². The molecule has 1 aromatic carbocycles. The van der Waals surface area contributed by atoms with E-state index in [1.54, 1.807) is 12.1 Å². The van der Waals surface area contributed by atoms with E-state index >= 15 is 0 Å². The average Bonchev–Trinajstić information content (AvgIpc) is 3.04. The van der Waals surface area contributed by atoms with E-state index in [1.807, 2.05) is 18.2 Å². The second-order valence-corrected chi connectivity index (χ2v) is 6.23. The Morgan fingerprint density at radius 3 is 2.56 bits per heavy atom. The second-order valence-electron chi connectivity index (χ2n) is 5.23. The number of anilines is 1. The van der Waals surface area contributed by atoms with E-state index in [0.29, 0.717) is 23.5 Å². The van der Waals surface area contributed by atoms with Crippen molar-refractivity contribution in [2.75, 3.05) is 18.5 Å². The van der Waals surface area contributed by atoms with Crippen molar-refractivity contribution in [1.82, 2.24) is 4.98 Å². The Labute approximate surface area is 157 Å². The van der Waals surface area contributed by atoms with E-state index in [9.17, 15) is 22.8 Å². The van der Waals surface area contributed by atoms with Crippen molar-refractivity contribution in [3.05, 3.63) is 40.9 Å². The predicted molar refractivity (Wildman–Crippen MR) is 92.9 cm³/mol. The van der Waals surface area contributed by atoms with E-state index in [4.69, 9.17) is 4.74 Å². The molecule has 0 saturated carbocycles. The SMILES string of the molecule is CCOC(=O)c1sc(NC(=O)CCCOc2ccccc2)nc1C(F)(F)F. The first-order valence-corrected chi connectivity index (χ1v) is 8.85. The third-order valence-corrected chi connectivity index (χ3v) is 4.11. The molecular formula is C17H17F3N2O4S. The number of alkyl halides is 3. The molecule has 0 radical (unpaired) electrons. The van der Waals surface area contributed by atoms with Gasteiger partial charge in [0.15, 0.2) is 10.8 Å². The van der Waals surface area contributed by atoms with Gasteiger partial charge in [0.2, 0.25) is 5.91 Å². The van der Waals surface area contributed by atoms with Gasteiger partial charge >= 0.3 is 12.1 Å². The summed E-state index contributed by atoms with van der Waals surface area (Å²) in [6.07, 6.45) is -4.43. The number of nitrogens with zero attached hydrogens (tertiary/aromatic N) is 1. The van der Waals surface area contributed by atoms with Crippen LogP contribution in [0.3, 0.4) is 0 Å². The van der Waals surface area contributed by atoms with Crippen LogP contribution >= 0.6 is 11.3 Å². The highest BCUT2D eigenvalue weighted by Crippen LogP contribution is 2.36. The maximum Gasteiger partial charge on any atom is 0.435 e. The minimum atomic E-state index is -4.83. The number of nitrogens with one attached hydrogen (secondary N) is 1. The molecule has 0 aliphatic carbocycles. The standard InChI is InChI=1S/C17H17F3N2O4S/c1-2-25-15(24)13-14(17(18,19)20)22-16(27-13)21-12(23)9-6-10-26-11-7-4-3-5-8-11/h3-5,7-8H,2,6,9-10H2,1H3,(H,21,22,23). The number of halogens is 3. The fraction of sp³-hybridized carbons (Fsp3) is 0.353. The lowest BCUT2D eigenvalue weighted by molar-refractivity contribution is -0.141. The zero-order chi connectivity index (χ0) is 19.9. The van der Waals surface area contributed by atoms with Gasteiger partial charge in [-0.2, -0.15) is 13.2 Å². The highest BCUT2D eigenvalue weighted by molar-refractivity contribution is 7.17. The van der Waals surface area contributed by atoms with Gasteiger partial charge in [0.05, 0.1) is 13.2 Å². The number of thiazole rings is 1. The molecule has 146 valence electrons. The summed E-state index contributed by atoms with van der Waals surface area (Å²) in [5.41, 5.74) is -1.37. The Bertz CT molecular complexity index is 778. The zero-order valence-corrected chi connectivity index (χ0v) is 15.2. The Morgan fingerprint density at radius 1 is 1.22 bits per heavy atom. The lowest BCUT2D eigenvalue weighted by atomic mass is 10.3. The van der Waals surface area contributed by atoms with Crippen LogP contribution in [0.4, 0.5) is 18.3 Å². The maximum atomic E-state index is 13.0. The first-order chi connectivity index (χ1) is 12.8. The number of benzene rings is 1. The Kier molecular flexibility index (Phi) is 7.17. The largest absolute Gasteiger partial charge is 0.494 e. The topological polar surface area (TPSA) is 77.5 Å². The summed E-state index contributed by atoms with van der Waals surface area (Å²) in [6, 6.07) is 9.00. The number of ether oxygens (including phenoxy) is 2. The Morgan fingerprint density at radius 2 is 1.93 bits per heavy atom. The molecule has 1 amide bonds. The number of hydrogen-bond acceptors (Lipinski definition) is 6. The molecule has 0 atom stereocenters. The van der Waals surface area contributed by atoms with Gasteiger partial charge in [-0.25, -0.2) is 9.78 Å². The van der Waals surface area contributed by atoms with Crippen LogP contribution in [0.15, 0.2) is 30.3 Å². The van der Waals surface area contributed by atoms with E-state index < -0.39 is 28.6 Å². The summed E-state index contributed by atoms with van der Waals surface area (Å²) in [5, 5.41) is 1.97. The first-order valence-electron chi connectivity index (χ1n) is 8.04. The number of carbonyl (C=O) groups excluding carboxylic acids is 2. The number of hydrogen-bond donors (Lipinski definition) is 1. The van der Waals surface area contributed by atoms with Gasteiger partial charge in [0.25, 0.3) is 0 Å². The van der Waals surface area contributed by atoms with Crippen molar-refractivity contribution < 1.29 is 32.2 Å². The molecule has 0 aliphatic heterocycles. The van der Waals surface area contributed by atoms with Gasteiger partial charge in [-0.05, 0) is 25.5 Å². The monoisotopic (exact) mass is 402 g/mol. The van der Waals surface area contributed by atoms with E-state index in [2.05, 4.69) is 15.0 Å². The maximum absolute atomic E-state index is 13.0. The lowest BCUT2D eigenvalue weighted by Gasteiger charge is -2.05. The summed E-state index contributed by atoms with van der Waals surface area (Å²) in [7, 11) is 0. The van der Waals surface area contributed by atoms with Crippen LogP contribution in [-0.2, 0) is 15.7 Å². The highest BCUT2D eigenvalue weighted by Gasteiger charge is 2.40. The van der Waals surface area contributed by atoms with Crippen LogP contribution in [0, 0.1) is 0 Å². The fourth-order valence-electron chi connectivity index (χ4n) is 2.02. The highest BCUT2D eigenvalue weighted by atomic mass is 32.1. The van der Waals surface area contributed by atoms with Crippen molar-refractivity contribution in [3.8, 4) is 5.75 Å². The van der Waals surface area contributed by atoms with E-state index in [0.717, 1.165) is 0 Å². The second kappa shape index (κ2) is 9.36. The summed E-state index contributed by atoms with van der Waals surface area (Å²) < 4.78 is 49.1. The number of carbonyl (C=O) groups is 2. The van der Waals surface area contributed by atoms with Gasteiger partial charge in [-0.15, -0.1) is 0 Å². The smallest absolute Gasteiger partial charge is 0.435 e. The van der Waals surface area contributed by atoms with Crippen LogP contribution in [0.5, 0.6) is 5.75 Å². The quantitative estimate of drug-likeness (QED) is 0.531. The third kappa shape index (κ3) is 6.24. The van der Waals surface area contributed by atoms with Crippen LogP contribution in [0.1, 0.15) is 35.1 Å². The van der Waals surface area contributed by atoms with Gasteiger partial charge in [-0.1, -0.05) is 29.5 Å². The number of esters is 1. The molecule has 10 heteroatoms. The van der Waals surface area contributed by atoms with E-state index in [-0.39, 0.29) is 24.8 Å². The number of amides is 1. The summed E-state index contributed by atoms with van der Waals surface area (Å²) in [4.78, 5) is 26.2. The molecule has 0 spiro atoms. The van der Waals surface area contributed by atoms with E-state index in [1.165, 1.54) is 6.92 Å². The molecule has 2 rings (SSSR count).